The maximum Gasteiger partial charge on any atom is 0.404 e. The van der Waals surface area contributed by atoms with E-state index in [1.54, 1.807) is 18.2 Å². The first-order chi connectivity index (χ1) is 10.6. The van der Waals surface area contributed by atoms with E-state index in [0.717, 1.165) is 0 Å². The van der Waals surface area contributed by atoms with Crippen LogP contribution < -0.4 is 19.9 Å². The molecule has 0 aliphatic carbocycles. The van der Waals surface area contributed by atoms with Crippen LogP contribution in [0.5, 0.6) is 17.2 Å². The monoisotopic (exact) mass is 309 g/mol. The fourth-order valence-electron chi connectivity index (χ4n) is 1.67. The summed E-state index contributed by atoms with van der Waals surface area (Å²) in [4.78, 5) is 10.9. The molecule has 0 fully saturated rings. The third kappa shape index (κ3) is 5.42. The third-order valence-electron chi connectivity index (χ3n) is 2.57. The fraction of sp³-hybridized carbons (Fsp3) is 0.400. The highest BCUT2D eigenvalue weighted by molar-refractivity contribution is 5.64. The predicted octanol–water partition coefficient (Wildman–Crippen LogP) is 1.20. The van der Waals surface area contributed by atoms with E-state index in [0.29, 0.717) is 17.2 Å². The summed E-state index contributed by atoms with van der Waals surface area (Å²) in [7, 11) is 3.02. The zero-order chi connectivity index (χ0) is 16.4. The van der Waals surface area contributed by atoms with Crippen LogP contribution in [0.4, 0.5) is 4.79 Å². The lowest BCUT2D eigenvalue weighted by molar-refractivity contribution is 0.00921. The number of ether oxygens (including phenoxy) is 5. The summed E-state index contributed by atoms with van der Waals surface area (Å²) >= 11 is 0. The first-order valence-corrected chi connectivity index (χ1v) is 6.43. The number of hydrogen-bond donors (Lipinski definition) is 1. The number of nitrogens with two attached hydrogens (primary N) is 1. The zero-order valence-electron chi connectivity index (χ0n) is 12.5. The van der Waals surface area contributed by atoms with Gasteiger partial charge in [-0.25, -0.2) is 4.79 Å². The zero-order valence-corrected chi connectivity index (χ0v) is 12.5. The number of benzene rings is 1. The summed E-state index contributed by atoms with van der Waals surface area (Å²) in [5.74, 6) is 3.68. The molecule has 1 aromatic carbocycles. The van der Waals surface area contributed by atoms with Crippen LogP contribution >= 0.6 is 0 Å². The number of rotatable bonds is 9. The minimum Gasteiger partial charge on any atom is -0.493 e. The number of terminal acetylenes is 1. The van der Waals surface area contributed by atoms with E-state index < -0.39 is 12.2 Å². The molecular weight excluding hydrogens is 290 g/mol. The number of hydrogen-bond acceptors (Lipinski definition) is 6. The Morgan fingerprint density at radius 1 is 1.27 bits per heavy atom. The smallest absolute Gasteiger partial charge is 0.404 e. The molecule has 1 atom stereocenters. The van der Waals surface area contributed by atoms with Crippen molar-refractivity contribution < 1.29 is 28.5 Å². The van der Waals surface area contributed by atoms with Gasteiger partial charge in [0, 0.05) is 0 Å². The molecule has 0 aliphatic rings. The summed E-state index contributed by atoms with van der Waals surface area (Å²) < 4.78 is 26.1. The van der Waals surface area contributed by atoms with Gasteiger partial charge in [0.05, 0.1) is 20.8 Å². The van der Waals surface area contributed by atoms with E-state index in [1.807, 2.05) is 0 Å². The van der Waals surface area contributed by atoms with E-state index in [4.69, 9.17) is 35.8 Å². The molecule has 120 valence electrons. The highest BCUT2D eigenvalue weighted by Crippen LogP contribution is 2.36. The van der Waals surface area contributed by atoms with Gasteiger partial charge in [0.1, 0.15) is 13.2 Å². The van der Waals surface area contributed by atoms with Crippen LogP contribution in [0.1, 0.15) is 0 Å². The minimum atomic E-state index is -0.926. The Kier molecular flexibility index (Phi) is 7.43. The van der Waals surface area contributed by atoms with Crippen molar-refractivity contribution in [2.45, 2.75) is 6.10 Å². The lowest BCUT2D eigenvalue weighted by atomic mass is 10.3. The quantitative estimate of drug-likeness (QED) is 0.544. The number of carbonyl (C=O) groups is 1. The lowest BCUT2D eigenvalue weighted by Gasteiger charge is -2.19. The number of primary amides is 1. The van der Waals surface area contributed by atoms with Crippen LogP contribution in [-0.2, 0) is 9.47 Å². The maximum atomic E-state index is 10.9. The Hall–Kier alpha value is -2.59. The van der Waals surface area contributed by atoms with Gasteiger partial charge in [0.25, 0.3) is 0 Å². The van der Waals surface area contributed by atoms with Crippen LogP contribution in [0.2, 0.25) is 0 Å². The van der Waals surface area contributed by atoms with E-state index in [1.165, 1.54) is 14.2 Å². The predicted molar refractivity (Wildman–Crippen MR) is 79.1 cm³/mol. The van der Waals surface area contributed by atoms with Crippen molar-refractivity contribution >= 4 is 6.09 Å². The largest absolute Gasteiger partial charge is 0.493 e. The van der Waals surface area contributed by atoms with E-state index in [9.17, 15) is 4.79 Å². The summed E-state index contributed by atoms with van der Waals surface area (Å²) in [6.45, 7) is 0.158. The van der Waals surface area contributed by atoms with Gasteiger partial charge in [-0.2, -0.15) is 0 Å². The van der Waals surface area contributed by atoms with Gasteiger partial charge in [-0.1, -0.05) is 12.0 Å². The van der Waals surface area contributed by atoms with Crippen LogP contribution in [-0.4, -0.2) is 46.2 Å². The summed E-state index contributed by atoms with van der Waals surface area (Å²) in [6.07, 6.45) is 3.45. The van der Waals surface area contributed by atoms with E-state index in [-0.39, 0.29) is 19.8 Å². The molecule has 1 unspecified atom stereocenters. The van der Waals surface area contributed by atoms with Crippen molar-refractivity contribution in [1.29, 1.82) is 0 Å². The molecule has 1 aromatic rings. The molecular formula is C15H19NO6. The van der Waals surface area contributed by atoms with Gasteiger partial charge < -0.3 is 29.4 Å². The molecule has 1 rings (SSSR count). The standard InChI is InChI=1S/C15H19NO6/c1-4-8-20-9-11(22-15(16)17)10-21-14-12(18-2)6-5-7-13(14)19-3/h1,5-7,11H,8-10H2,2-3H3,(H2,16,17). The average molecular weight is 309 g/mol. The average Bonchev–Trinajstić information content (AvgIpc) is 2.51. The highest BCUT2D eigenvalue weighted by Gasteiger charge is 2.17. The van der Waals surface area contributed by atoms with E-state index in [2.05, 4.69) is 5.92 Å². The molecule has 7 nitrogen and oxygen atoms in total. The molecule has 1 amide bonds. The Balaban J connectivity index is 2.74. The van der Waals surface area contributed by atoms with Gasteiger partial charge in [-0.3, -0.25) is 0 Å². The van der Waals surface area contributed by atoms with Gasteiger partial charge >= 0.3 is 6.09 Å². The molecule has 0 aromatic heterocycles. The first kappa shape index (κ1) is 17.5. The third-order valence-corrected chi connectivity index (χ3v) is 2.57. The van der Waals surface area contributed by atoms with Crippen LogP contribution in [0.3, 0.4) is 0 Å². The van der Waals surface area contributed by atoms with Gasteiger partial charge in [0.2, 0.25) is 5.75 Å². The lowest BCUT2D eigenvalue weighted by Crippen LogP contribution is -2.32. The molecule has 0 aliphatic heterocycles. The second-order valence-electron chi connectivity index (χ2n) is 4.08. The molecule has 7 heteroatoms. The number of para-hydroxylation sites is 1. The van der Waals surface area contributed by atoms with E-state index >= 15 is 0 Å². The van der Waals surface area contributed by atoms with Crippen LogP contribution in [0.25, 0.3) is 0 Å². The van der Waals surface area contributed by atoms with Crippen molar-refractivity contribution in [3.05, 3.63) is 18.2 Å². The van der Waals surface area contributed by atoms with Gasteiger partial charge in [-0.15, -0.1) is 6.42 Å². The summed E-state index contributed by atoms with van der Waals surface area (Å²) in [5, 5.41) is 0. The Morgan fingerprint density at radius 2 is 1.91 bits per heavy atom. The number of methoxy groups -OCH3 is 2. The summed E-state index contributed by atoms with van der Waals surface area (Å²) in [6, 6.07) is 5.20. The van der Waals surface area contributed by atoms with Crippen molar-refractivity contribution in [3.8, 4) is 29.6 Å². The van der Waals surface area contributed by atoms with Crippen molar-refractivity contribution in [2.24, 2.45) is 5.73 Å². The molecule has 2 N–H and O–H groups in total. The summed E-state index contributed by atoms with van der Waals surface area (Å²) in [5.41, 5.74) is 5.02. The Morgan fingerprint density at radius 3 is 2.41 bits per heavy atom. The van der Waals surface area contributed by atoms with Crippen molar-refractivity contribution in [3.63, 3.8) is 0 Å². The molecule has 0 heterocycles. The molecule has 0 saturated heterocycles. The second-order valence-corrected chi connectivity index (χ2v) is 4.08. The molecule has 0 spiro atoms. The minimum absolute atomic E-state index is 0.00421. The Bertz CT molecular complexity index is 503. The van der Waals surface area contributed by atoms with Crippen LogP contribution in [0, 0.1) is 12.3 Å². The maximum absolute atomic E-state index is 10.9. The normalized spacial score (nSPS) is 11.1. The van der Waals surface area contributed by atoms with Gasteiger partial charge in [-0.05, 0) is 12.1 Å². The number of amides is 1. The van der Waals surface area contributed by atoms with Gasteiger partial charge in [0.15, 0.2) is 17.6 Å². The highest BCUT2D eigenvalue weighted by atomic mass is 16.6. The van der Waals surface area contributed by atoms with Crippen molar-refractivity contribution in [1.82, 2.24) is 0 Å². The van der Waals surface area contributed by atoms with Crippen molar-refractivity contribution in [2.75, 3.05) is 34.0 Å². The Labute approximate surface area is 129 Å². The molecule has 22 heavy (non-hydrogen) atoms. The molecule has 0 saturated carbocycles. The topological polar surface area (TPSA) is 89.2 Å². The fourth-order valence-corrected chi connectivity index (χ4v) is 1.67. The SMILES string of the molecule is C#CCOCC(COc1c(OC)cccc1OC)OC(N)=O. The molecule has 0 radical (unpaired) electrons. The number of carbonyl (C=O) groups excluding carboxylic acids is 1. The first-order valence-electron chi connectivity index (χ1n) is 6.43. The second kappa shape index (κ2) is 9.37. The molecule has 0 bridgehead atoms. The van der Waals surface area contributed by atoms with Crippen LogP contribution in [0.15, 0.2) is 18.2 Å².